The van der Waals surface area contributed by atoms with Gasteiger partial charge in [-0.25, -0.2) is 4.79 Å². The first-order chi connectivity index (χ1) is 11.3. The van der Waals surface area contributed by atoms with Gasteiger partial charge >= 0.3 is 12.1 Å². The maximum atomic E-state index is 12.6. The van der Waals surface area contributed by atoms with E-state index < -0.39 is 17.7 Å². The maximum Gasteiger partial charge on any atom is 0.416 e. The van der Waals surface area contributed by atoms with Crippen LogP contribution < -0.4 is 0 Å². The van der Waals surface area contributed by atoms with Crippen LogP contribution in [-0.2, 0) is 12.7 Å². The number of fused-ring (bicyclic) bond motifs is 1. The van der Waals surface area contributed by atoms with Gasteiger partial charge in [0.25, 0.3) is 0 Å². The number of aromatic carboxylic acids is 1. The number of rotatable bonds is 3. The Hall–Kier alpha value is -2.76. The smallest absolute Gasteiger partial charge is 0.416 e. The van der Waals surface area contributed by atoms with Crippen molar-refractivity contribution in [2.75, 3.05) is 0 Å². The minimum absolute atomic E-state index is 0.182. The predicted molar refractivity (Wildman–Crippen MR) is 84.2 cm³/mol. The molecule has 0 saturated heterocycles. The van der Waals surface area contributed by atoms with Crippen molar-refractivity contribution in [3.63, 3.8) is 0 Å². The fourth-order valence-electron chi connectivity index (χ4n) is 2.79. The summed E-state index contributed by atoms with van der Waals surface area (Å²) in [6, 6.07) is 10.1. The van der Waals surface area contributed by atoms with E-state index in [1.165, 1.54) is 12.1 Å². The van der Waals surface area contributed by atoms with E-state index >= 15 is 0 Å². The number of benzene rings is 2. The van der Waals surface area contributed by atoms with E-state index in [0.717, 1.165) is 23.1 Å². The molecule has 0 radical (unpaired) electrons. The summed E-state index contributed by atoms with van der Waals surface area (Å²) < 4.78 is 39.6. The van der Waals surface area contributed by atoms with Gasteiger partial charge in [-0.2, -0.15) is 13.2 Å². The van der Waals surface area contributed by atoms with Gasteiger partial charge in [0.05, 0.1) is 16.6 Å². The molecule has 0 atom stereocenters. The largest absolute Gasteiger partial charge is 0.478 e. The molecule has 0 bridgehead atoms. The zero-order chi connectivity index (χ0) is 17.5. The summed E-state index contributed by atoms with van der Waals surface area (Å²) in [5.74, 6) is -1.03. The van der Waals surface area contributed by atoms with E-state index in [2.05, 4.69) is 0 Å². The van der Waals surface area contributed by atoms with Crippen molar-refractivity contribution < 1.29 is 23.1 Å². The van der Waals surface area contributed by atoms with Crippen LogP contribution in [0.25, 0.3) is 10.9 Å². The van der Waals surface area contributed by atoms with Gasteiger partial charge < -0.3 is 9.67 Å². The molecule has 0 aliphatic rings. The molecule has 3 aromatic rings. The maximum absolute atomic E-state index is 12.6. The van der Waals surface area contributed by atoms with Crippen molar-refractivity contribution in [2.24, 2.45) is 0 Å². The normalized spacial score (nSPS) is 11.8. The zero-order valence-corrected chi connectivity index (χ0v) is 12.8. The second kappa shape index (κ2) is 5.70. The van der Waals surface area contributed by atoms with E-state index in [1.54, 1.807) is 22.9 Å². The Labute approximate surface area is 136 Å². The molecule has 2 aromatic carbocycles. The zero-order valence-electron chi connectivity index (χ0n) is 12.8. The van der Waals surface area contributed by atoms with Gasteiger partial charge in [0.2, 0.25) is 0 Å². The number of carbonyl (C=O) groups is 1. The van der Waals surface area contributed by atoms with Gasteiger partial charge in [-0.05, 0) is 48.4 Å². The number of aryl methyl sites for hydroxylation is 1. The van der Waals surface area contributed by atoms with Crippen LogP contribution in [-0.4, -0.2) is 15.6 Å². The molecule has 3 rings (SSSR count). The Kier molecular flexibility index (Phi) is 3.83. The van der Waals surface area contributed by atoms with Gasteiger partial charge in [0, 0.05) is 18.1 Å². The molecule has 1 N–H and O–H groups in total. The highest BCUT2D eigenvalue weighted by atomic mass is 19.4. The van der Waals surface area contributed by atoms with Gasteiger partial charge in [-0.1, -0.05) is 12.1 Å². The molecule has 0 fully saturated rings. The number of nitrogens with zero attached hydrogens (tertiary/aromatic N) is 1. The van der Waals surface area contributed by atoms with E-state index in [-0.39, 0.29) is 5.56 Å². The SMILES string of the molecule is Cc1cc(C(=O)O)c2c(ccn2Cc2ccc(C(F)(F)F)cc2)c1. The fraction of sp³-hybridized carbons (Fsp3) is 0.167. The van der Waals surface area contributed by atoms with Gasteiger partial charge in [-0.15, -0.1) is 0 Å². The van der Waals surface area contributed by atoms with E-state index in [4.69, 9.17) is 0 Å². The highest BCUT2D eigenvalue weighted by molar-refractivity contribution is 6.02. The highest BCUT2D eigenvalue weighted by Gasteiger charge is 2.29. The summed E-state index contributed by atoms with van der Waals surface area (Å²) in [6.07, 6.45) is -2.62. The lowest BCUT2D eigenvalue weighted by Gasteiger charge is -2.10. The number of alkyl halides is 3. The van der Waals surface area contributed by atoms with Crippen LogP contribution in [0, 0.1) is 6.92 Å². The molecule has 0 amide bonds. The Morgan fingerprint density at radius 2 is 1.79 bits per heavy atom. The van der Waals surface area contributed by atoms with E-state index in [9.17, 15) is 23.1 Å². The molecule has 0 aliphatic carbocycles. The third kappa shape index (κ3) is 2.99. The van der Waals surface area contributed by atoms with Crippen LogP contribution in [0.2, 0.25) is 0 Å². The lowest BCUT2D eigenvalue weighted by Crippen LogP contribution is -2.06. The van der Waals surface area contributed by atoms with E-state index in [1.807, 2.05) is 13.0 Å². The second-order valence-corrected chi connectivity index (χ2v) is 5.69. The third-order valence-corrected chi connectivity index (χ3v) is 3.87. The molecule has 3 nitrogen and oxygen atoms in total. The minimum atomic E-state index is -4.37. The quantitative estimate of drug-likeness (QED) is 0.754. The Bertz CT molecular complexity index is 908. The van der Waals surface area contributed by atoms with Crippen molar-refractivity contribution in [1.82, 2.24) is 4.57 Å². The average Bonchev–Trinajstić information content (AvgIpc) is 2.88. The van der Waals surface area contributed by atoms with Crippen molar-refractivity contribution in [2.45, 2.75) is 19.6 Å². The molecule has 1 aromatic heterocycles. The van der Waals surface area contributed by atoms with Crippen molar-refractivity contribution in [3.05, 3.63) is 70.9 Å². The van der Waals surface area contributed by atoms with Crippen LogP contribution in [0.1, 0.15) is 27.0 Å². The summed E-state index contributed by atoms with van der Waals surface area (Å²) in [6.45, 7) is 2.12. The molecular weight excluding hydrogens is 319 g/mol. The molecule has 0 saturated carbocycles. The standard InChI is InChI=1S/C18H14F3NO2/c1-11-8-13-6-7-22(16(13)15(9-11)17(23)24)10-12-2-4-14(5-3-12)18(19,20)21/h2-9H,10H2,1H3,(H,23,24). The van der Waals surface area contributed by atoms with Crippen LogP contribution in [0.5, 0.6) is 0 Å². The number of carboxylic acids is 1. The minimum Gasteiger partial charge on any atom is -0.478 e. The first-order valence-electron chi connectivity index (χ1n) is 7.24. The molecule has 0 aliphatic heterocycles. The summed E-state index contributed by atoms with van der Waals surface area (Å²) in [7, 11) is 0. The van der Waals surface area contributed by atoms with Crippen LogP contribution in [0.15, 0.2) is 48.7 Å². The molecule has 24 heavy (non-hydrogen) atoms. The highest BCUT2D eigenvalue weighted by Crippen LogP contribution is 2.29. The van der Waals surface area contributed by atoms with Crippen molar-refractivity contribution in [1.29, 1.82) is 0 Å². The number of carboxylic acid groups (broad SMARTS) is 1. The summed E-state index contributed by atoms with van der Waals surface area (Å²) in [5, 5.41) is 10.2. The van der Waals surface area contributed by atoms with Crippen LogP contribution >= 0.6 is 0 Å². The topological polar surface area (TPSA) is 42.2 Å². The Balaban J connectivity index is 2.00. The Morgan fingerprint density at radius 3 is 2.38 bits per heavy atom. The summed E-state index contributed by atoms with van der Waals surface area (Å²) in [4.78, 5) is 11.5. The Morgan fingerprint density at radius 1 is 1.12 bits per heavy atom. The van der Waals surface area contributed by atoms with Gasteiger partial charge in [-0.3, -0.25) is 0 Å². The molecule has 0 spiro atoms. The first kappa shape index (κ1) is 16.1. The number of aromatic nitrogens is 1. The average molecular weight is 333 g/mol. The van der Waals surface area contributed by atoms with Crippen molar-refractivity contribution >= 4 is 16.9 Å². The predicted octanol–water partition coefficient (Wildman–Crippen LogP) is 4.72. The molecular formula is C18H14F3NO2. The molecule has 6 heteroatoms. The first-order valence-corrected chi connectivity index (χ1v) is 7.24. The van der Waals surface area contributed by atoms with Gasteiger partial charge in [0.1, 0.15) is 0 Å². The van der Waals surface area contributed by atoms with Crippen LogP contribution in [0.4, 0.5) is 13.2 Å². The fourth-order valence-corrected chi connectivity index (χ4v) is 2.79. The van der Waals surface area contributed by atoms with Crippen LogP contribution in [0.3, 0.4) is 0 Å². The monoisotopic (exact) mass is 333 g/mol. The molecule has 124 valence electrons. The summed E-state index contributed by atoms with van der Waals surface area (Å²) in [5.41, 5.74) is 1.55. The number of hydrogen-bond acceptors (Lipinski definition) is 1. The van der Waals surface area contributed by atoms with Crippen molar-refractivity contribution in [3.8, 4) is 0 Å². The third-order valence-electron chi connectivity index (χ3n) is 3.87. The molecule has 0 unspecified atom stereocenters. The lowest BCUT2D eigenvalue weighted by molar-refractivity contribution is -0.137. The lowest BCUT2D eigenvalue weighted by atomic mass is 10.1. The summed E-state index contributed by atoms with van der Waals surface area (Å²) >= 11 is 0. The number of halogens is 3. The van der Waals surface area contributed by atoms with E-state index in [0.29, 0.717) is 17.6 Å². The molecule has 1 heterocycles. The second-order valence-electron chi connectivity index (χ2n) is 5.69. The van der Waals surface area contributed by atoms with Gasteiger partial charge in [0.15, 0.2) is 0 Å². The number of hydrogen-bond donors (Lipinski definition) is 1.